The normalized spacial score (nSPS) is 16.9. The molecule has 1 heterocycles. The van der Waals surface area contributed by atoms with Crippen molar-refractivity contribution in [2.75, 3.05) is 23.3 Å². The van der Waals surface area contributed by atoms with Crippen molar-refractivity contribution in [3.05, 3.63) is 59.2 Å². The lowest BCUT2D eigenvalue weighted by molar-refractivity contribution is -0.123. The highest BCUT2D eigenvalue weighted by Gasteiger charge is 2.27. The second-order valence-corrected chi connectivity index (χ2v) is 8.58. The summed E-state index contributed by atoms with van der Waals surface area (Å²) >= 11 is 0. The number of amides is 1. The number of hydrogen-bond donors (Lipinski definition) is 2. The molecule has 0 radical (unpaired) electrons. The number of nitrogens with zero attached hydrogens (tertiary/aromatic N) is 1. The van der Waals surface area contributed by atoms with Crippen LogP contribution in [0.1, 0.15) is 54.6 Å². The third-order valence-corrected chi connectivity index (χ3v) is 5.23. The molecule has 0 spiro atoms. The molecule has 0 aliphatic carbocycles. The van der Waals surface area contributed by atoms with Gasteiger partial charge in [0.2, 0.25) is 5.91 Å². The average molecular weight is 380 g/mol. The Hall–Kier alpha value is -2.82. The molecule has 28 heavy (non-hydrogen) atoms. The first-order valence-corrected chi connectivity index (χ1v) is 9.65. The highest BCUT2D eigenvalue weighted by molar-refractivity contribution is 6.02. The Morgan fingerprint density at radius 2 is 1.89 bits per heavy atom. The van der Waals surface area contributed by atoms with Crippen LogP contribution in [0.4, 0.5) is 11.4 Å². The minimum Gasteiger partial charge on any atom is -0.478 e. The Balaban J connectivity index is 1.81. The monoisotopic (exact) mass is 380 g/mol. The van der Waals surface area contributed by atoms with Crippen LogP contribution in [0.2, 0.25) is 0 Å². The van der Waals surface area contributed by atoms with Crippen molar-refractivity contribution in [2.24, 2.45) is 5.41 Å². The standard InChI is InChI=1S/C23H28N2O3/c1-15-6-5-7-16(12-15)17-10-11-25(14-17)18-8-9-20(19(13-18)21(26)27)24-22(28)23(2,3)4/h5-9,12-13,17H,10-11,14H2,1-4H3,(H,24,28)(H,26,27)/t17-/m1/s1. The van der Waals surface area contributed by atoms with Crippen molar-refractivity contribution in [3.63, 3.8) is 0 Å². The highest BCUT2D eigenvalue weighted by atomic mass is 16.4. The van der Waals surface area contributed by atoms with Gasteiger partial charge >= 0.3 is 5.97 Å². The van der Waals surface area contributed by atoms with E-state index in [1.54, 1.807) is 32.9 Å². The summed E-state index contributed by atoms with van der Waals surface area (Å²) in [6.07, 6.45) is 1.04. The summed E-state index contributed by atoms with van der Waals surface area (Å²) in [6, 6.07) is 13.8. The molecule has 5 nitrogen and oxygen atoms in total. The first-order valence-electron chi connectivity index (χ1n) is 9.65. The SMILES string of the molecule is Cc1cccc([C@@H]2CCN(c3ccc(NC(=O)C(C)(C)C)c(C(=O)O)c3)C2)c1. The number of anilines is 2. The lowest BCUT2D eigenvalue weighted by atomic mass is 9.95. The molecule has 5 heteroatoms. The van der Waals surface area contributed by atoms with Crippen LogP contribution in [0.3, 0.4) is 0 Å². The van der Waals surface area contributed by atoms with Gasteiger partial charge in [-0.25, -0.2) is 4.79 Å². The number of aromatic carboxylic acids is 1. The number of aryl methyl sites for hydroxylation is 1. The molecule has 148 valence electrons. The average Bonchev–Trinajstić information content (AvgIpc) is 3.11. The Kier molecular flexibility index (Phi) is 5.45. The van der Waals surface area contributed by atoms with Crippen LogP contribution in [0.5, 0.6) is 0 Å². The Labute approximate surface area is 166 Å². The molecule has 3 rings (SSSR count). The van der Waals surface area contributed by atoms with Crippen molar-refractivity contribution in [3.8, 4) is 0 Å². The van der Waals surface area contributed by atoms with Gasteiger partial charge in [0.25, 0.3) is 0 Å². The van der Waals surface area contributed by atoms with Crippen LogP contribution in [0.15, 0.2) is 42.5 Å². The largest absolute Gasteiger partial charge is 0.478 e. The van der Waals surface area contributed by atoms with Gasteiger partial charge in [-0.1, -0.05) is 50.6 Å². The van der Waals surface area contributed by atoms with Gasteiger partial charge in [0, 0.05) is 30.1 Å². The Morgan fingerprint density at radius 1 is 1.14 bits per heavy atom. The summed E-state index contributed by atoms with van der Waals surface area (Å²) < 4.78 is 0. The van der Waals surface area contributed by atoms with E-state index in [0.29, 0.717) is 11.6 Å². The Bertz CT molecular complexity index is 899. The van der Waals surface area contributed by atoms with Crippen LogP contribution < -0.4 is 10.2 Å². The summed E-state index contributed by atoms with van der Waals surface area (Å²) in [7, 11) is 0. The minimum absolute atomic E-state index is 0.120. The zero-order valence-corrected chi connectivity index (χ0v) is 17.0. The third kappa shape index (κ3) is 4.35. The summed E-state index contributed by atoms with van der Waals surface area (Å²) in [6.45, 7) is 9.23. The zero-order chi connectivity index (χ0) is 20.5. The minimum atomic E-state index is -1.04. The second kappa shape index (κ2) is 7.66. The predicted molar refractivity (Wildman–Crippen MR) is 112 cm³/mol. The number of nitrogens with one attached hydrogen (secondary N) is 1. The van der Waals surface area contributed by atoms with Gasteiger partial charge in [-0.15, -0.1) is 0 Å². The van der Waals surface area contributed by atoms with Gasteiger partial charge in [-0.2, -0.15) is 0 Å². The van der Waals surface area contributed by atoms with E-state index in [4.69, 9.17) is 0 Å². The maximum Gasteiger partial charge on any atom is 0.337 e. The number of carboxylic acids is 1. The molecule has 0 aromatic heterocycles. The number of rotatable bonds is 4. The molecule has 1 saturated heterocycles. The molecule has 2 N–H and O–H groups in total. The highest BCUT2D eigenvalue weighted by Crippen LogP contribution is 2.33. The number of carboxylic acid groups (broad SMARTS) is 1. The molecule has 1 amide bonds. The van der Waals surface area contributed by atoms with E-state index in [9.17, 15) is 14.7 Å². The van der Waals surface area contributed by atoms with E-state index >= 15 is 0 Å². The molecule has 0 saturated carbocycles. The quantitative estimate of drug-likeness (QED) is 0.809. The Morgan fingerprint density at radius 3 is 2.54 bits per heavy atom. The summed E-state index contributed by atoms with van der Waals surface area (Å²) in [4.78, 5) is 26.3. The maximum atomic E-state index is 12.3. The first kappa shape index (κ1) is 19.9. The van der Waals surface area contributed by atoms with Gasteiger partial charge in [-0.05, 0) is 37.1 Å². The number of carbonyl (C=O) groups excluding carboxylic acids is 1. The van der Waals surface area contributed by atoms with Gasteiger partial charge in [0.1, 0.15) is 0 Å². The van der Waals surface area contributed by atoms with Gasteiger partial charge in [0.05, 0.1) is 11.3 Å². The fourth-order valence-electron chi connectivity index (χ4n) is 3.52. The number of benzene rings is 2. The van der Waals surface area contributed by atoms with Crippen molar-refractivity contribution >= 4 is 23.3 Å². The molecule has 0 bridgehead atoms. The van der Waals surface area contributed by atoms with Crippen LogP contribution in [-0.4, -0.2) is 30.1 Å². The third-order valence-electron chi connectivity index (χ3n) is 5.23. The summed E-state index contributed by atoms with van der Waals surface area (Å²) in [5.41, 5.74) is 3.32. The molecule has 1 aliphatic heterocycles. The van der Waals surface area contributed by atoms with E-state index in [1.165, 1.54) is 11.1 Å². The first-order chi connectivity index (χ1) is 13.1. The maximum absolute atomic E-state index is 12.3. The van der Waals surface area contributed by atoms with Crippen LogP contribution in [0, 0.1) is 12.3 Å². The fraction of sp³-hybridized carbons (Fsp3) is 0.391. The molecular formula is C23H28N2O3. The lowest BCUT2D eigenvalue weighted by Crippen LogP contribution is -2.28. The summed E-state index contributed by atoms with van der Waals surface area (Å²) in [5, 5.41) is 12.4. The van der Waals surface area contributed by atoms with Crippen molar-refractivity contribution in [1.82, 2.24) is 0 Å². The summed E-state index contributed by atoms with van der Waals surface area (Å²) in [5.74, 6) is -0.808. The molecule has 0 unspecified atom stereocenters. The predicted octanol–water partition coefficient (Wildman–Crippen LogP) is 4.67. The topological polar surface area (TPSA) is 69.6 Å². The van der Waals surface area contributed by atoms with Crippen LogP contribution in [0.25, 0.3) is 0 Å². The van der Waals surface area contributed by atoms with Gasteiger partial charge in [-0.3, -0.25) is 4.79 Å². The molecule has 1 aliphatic rings. The van der Waals surface area contributed by atoms with Gasteiger partial charge in [0.15, 0.2) is 0 Å². The van der Waals surface area contributed by atoms with Crippen molar-refractivity contribution in [2.45, 2.75) is 40.0 Å². The number of carbonyl (C=O) groups is 2. The fourth-order valence-corrected chi connectivity index (χ4v) is 3.52. The molecule has 2 aromatic carbocycles. The van der Waals surface area contributed by atoms with Crippen LogP contribution >= 0.6 is 0 Å². The van der Waals surface area contributed by atoms with Crippen LogP contribution in [-0.2, 0) is 4.79 Å². The lowest BCUT2D eigenvalue weighted by Gasteiger charge is -2.22. The zero-order valence-electron chi connectivity index (χ0n) is 17.0. The van der Waals surface area contributed by atoms with Gasteiger partial charge < -0.3 is 15.3 Å². The van der Waals surface area contributed by atoms with Crippen molar-refractivity contribution in [1.29, 1.82) is 0 Å². The molecule has 1 atom stereocenters. The van der Waals surface area contributed by atoms with E-state index in [2.05, 4.69) is 41.4 Å². The smallest absolute Gasteiger partial charge is 0.337 e. The van der Waals surface area contributed by atoms with Crippen molar-refractivity contribution < 1.29 is 14.7 Å². The second-order valence-electron chi connectivity index (χ2n) is 8.58. The van der Waals surface area contributed by atoms with E-state index in [-0.39, 0.29) is 11.5 Å². The molecule has 2 aromatic rings. The van der Waals surface area contributed by atoms with E-state index < -0.39 is 11.4 Å². The molecule has 1 fully saturated rings. The molecular weight excluding hydrogens is 352 g/mol. The van der Waals surface area contributed by atoms with E-state index in [1.807, 2.05) is 6.07 Å². The van der Waals surface area contributed by atoms with E-state index in [0.717, 1.165) is 25.2 Å². The number of hydrogen-bond acceptors (Lipinski definition) is 3.